The summed E-state index contributed by atoms with van der Waals surface area (Å²) in [6, 6.07) is 6.27. The number of nitrogens with zero attached hydrogens (tertiary/aromatic N) is 1. The molecule has 0 aliphatic rings. The minimum absolute atomic E-state index is 0.335. The van der Waals surface area contributed by atoms with Crippen molar-refractivity contribution in [3.8, 4) is 5.75 Å². The van der Waals surface area contributed by atoms with Gasteiger partial charge in [0.1, 0.15) is 5.75 Å². The highest BCUT2D eigenvalue weighted by atomic mass is 16.5. The molecule has 2 aromatic rings. The van der Waals surface area contributed by atoms with Crippen molar-refractivity contribution in [1.82, 2.24) is 4.57 Å². The molecule has 0 saturated carbocycles. The zero-order valence-electron chi connectivity index (χ0n) is 10.8. The number of hydrogen-bond donors (Lipinski definition) is 1. The van der Waals surface area contributed by atoms with E-state index in [0.29, 0.717) is 6.04 Å². The Morgan fingerprint density at radius 1 is 1.24 bits per heavy atom. The highest BCUT2D eigenvalue weighted by Gasteiger charge is 2.16. The number of rotatable bonds is 3. The van der Waals surface area contributed by atoms with Gasteiger partial charge < -0.3 is 14.4 Å². The topological polar surface area (TPSA) is 34.4 Å². The fourth-order valence-electron chi connectivity index (χ4n) is 2.21. The van der Waals surface area contributed by atoms with Crippen molar-refractivity contribution in [2.75, 3.05) is 7.11 Å². The maximum atomic E-state index is 9.83. The summed E-state index contributed by atoms with van der Waals surface area (Å²) in [5.74, 6) is 0.850. The first-order chi connectivity index (χ1) is 8.06. The third kappa shape index (κ3) is 1.91. The molecule has 1 aromatic carbocycles. The van der Waals surface area contributed by atoms with E-state index in [1.54, 1.807) is 14.0 Å². The Morgan fingerprint density at radius 2 is 1.94 bits per heavy atom. The van der Waals surface area contributed by atoms with Crippen molar-refractivity contribution in [2.24, 2.45) is 0 Å². The largest absolute Gasteiger partial charge is 0.495 e. The molecule has 3 heteroatoms. The van der Waals surface area contributed by atoms with Gasteiger partial charge in [0, 0.05) is 23.2 Å². The molecule has 17 heavy (non-hydrogen) atoms. The summed E-state index contributed by atoms with van der Waals surface area (Å²) >= 11 is 0. The van der Waals surface area contributed by atoms with Gasteiger partial charge in [0.15, 0.2) is 0 Å². The van der Waals surface area contributed by atoms with E-state index >= 15 is 0 Å². The summed E-state index contributed by atoms with van der Waals surface area (Å²) in [5, 5.41) is 10.9. The molecule has 0 fully saturated rings. The van der Waals surface area contributed by atoms with E-state index in [4.69, 9.17) is 4.74 Å². The van der Waals surface area contributed by atoms with Crippen LogP contribution in [0.4, 0.5) is 0 Å². The normalized spacial score (nSPS) is 13.3. The lowest BCUT2D eigenvalue weighted by Gasteiger charge is -2.11. The lowest BCUT2D eigenvalue weighted by atomic mass is 10.1. The summed E-state index contributed by atoms with van der Waals surface area (Å²) in [6.45, 7) is 6.04. The molecule has 0 aliphatic heterocycles. The van der Waals surface area contributed by atoms with Crippen molar-refractivity contribution in [1.29, 1.82) is 0 Å². The van der Waals surface area contributed by atoms with Crippen molar-refractivity contribution in [3.63, 3.8) is 0 Å². The summed E-state index contributed by atoms with van der Waals surface area (Å²) in [5.41, 5.74) is 2.01. The molecule has 0 spiro atoms. The van der Waals surface area contributed by atoms with Crippen LogP contribution in [-0.2, 0) is 0 Å². The Morgan fingerprint density at radius 3 is 2.47 bits per heavy atom. The molecule has 0 radical (unpaired) electrons. The van der Waals surface area contributed by atoms with Crippen LogP contribution in [0.5, 0.6) is 5.75 Å². The predicted octanol–water partition coefficient (Wildman–Crippen LogP) is 3.28. The van der Waals surface area contributed by atoms with Gasteiger partial charge in [-0.2, -0.15) is 0 Å². The first kappa shape index (κ1) is 12.0. The van der Waals surface area contributed by atoms with Gasteiger partial charge >= 0.3 is 0 Å². The van der Waals surface area contributed by atoms with E-state index in [1.165, 1.54) is 0 Å². The van der Waals surface area contributed by atoms with Crippen LogP contribution in [0, 0.1) is 0 Å². The summed E-state index contributed by atoms with van der Waals surface area (Å²) in [6.07, 6.45) is 1.55. The van der Waals surface area contributed by atoms with E-state index in [-0.39, 0.29) is 0 Å². The standard InChI is InChI=1S/C14H19NO2/c1-9(2)15-8-12(10(3)16)11-6-5-7-13(17-4)14(11)15/h5-10,16H,1-4H3. The SMILES string of the molecule is COc1cccc2c(C(C)O)cn(C(C)C)c12. The molecule has 1 heterocycles. The Kier molecular flexibility index (Phi) is 3.11. The minimum atomic E-state index is -0.468. The Balaban J connectivity index is 2.81. The van der Waals surface area contributed by atoms with Gasteiger partial charge in [0.25, 0.3) is 0 Å². The fourth-order valence-corrected chi connectivity index (χ4v) is 2.21. The van der Waals surface area contributed by atoms with Crippen molar-refractivity contribution in [2.45, 2.75) is 32.9 Å². The molecule has 0 aliphatic carbocycles. The first-order valence-corrected chi connectivity index (χ1v) is 5.91. The summed E-state index contributed by atoms with van der Waals surface area (Å²) in [4.78, 5) is 0. The molecule has 0 bridgehead atoms. The molecule has 2 rings (SSSR count). The minimum Gasteiger partial charge on any atom is -0.495 e. The van der Waals surface area contributed by atoms with Crippen LogP contribution >= 0.6 is 0 Å². The second-order valence-corrected chi connectivity index (χ2v) is 4.62. The van der Waals surface area contributed by atoms with Crippen LogP contribution in [0.2, 0.25) is 0 Å². The summed E-state index contributed by atoms with van der Waals surface area (Å²) < 4.78 is 7.56. The highest BCUT2D eigenvalue weighted by Crippen LogP contribution is 2.34. The van der Waals surface area contributed by atoms with Gasteiger partial charge in [-0.05, 0) is 26.8 Å². The van der Waals surface area contributed by atoms with Crippen LogP contribution in [0.3, 0.4) is 0 Å². The van der Waals surface area contributed by atoms with Gasteiger partial charge in [-0.15, -0.1) is 0 Å². The number of para-hydroxylation sites is 1. The Hall–Kier alpha value is -1.48. The second-order valence-electron chi connectivity index (χ2n) is 4.62. The number of benzene rings is 1. The van der Waals surface area contributed by atoms with Gasteiger partial charge in [0.2, 0.25) is 0 Å². The second kappa shape index (κ2) is 4.41. The fraction of sp³-hybridized carbons (Fsp3) is 0.429. The monoisotopic (exact) mass is 233 g/mol. The molecule has 0 saturated heterocycles. The smallest absolute Gasteiger partial charge is 0.143 e. The number of aliphatic hydroxyl groups is 1. The first-order valence-electron chi connectivity index (χ1n) is 5.91. The molecular formula is C14H19NO2. The van der Waals surface area contributed by atoms with E-state index in [0.717, 1.165) is 22.2 Å². The number of ether oxygens (including phenoxy) is 1. The lowest BCUT2D eigenvalue weighted by molar-refractivity contribution is 0.200. The molecule has 92 valence electrons. The number of methoxy groups -OCH3 is 1. The molecule has 0 amide bonds. The number of aliphatic hydroxyl groups excluding tert-OH is 1. The highest BCUT2D eigenvalue weighted by molar-refractivity contribution is 5.89. The average Bonchev–Trinajstić information content (AvgIpc) is 2.68. The average molecular weight is 233 g/mol. The van der Waals surface area contributed by atoms with E-state index in [1.807, 2.05) is 24.4 Å². The molecule has 3 nitrogen and oxygen atoms in total. The van der Waals surface area contributed by atoms with Crippen molar-refractivity contribution in [3.05, 3.63) is 30.0 Å². The van der Waals surface area contributed by atoms with Gasteiger partial charge in [-0.25, -0.2) is 0 Å². The van der Waals surface area contributed by atoms with Crippen LogP contribution in [0.25, 0.3) is 10.9 Å². The third-order valence-electron chi connectivity index (χ3n) is 3.07. The van der Waals surface area contributed by atoms with Gasteiger partial charge in [-0.3, -0.25) is 0 Å². The molecule has 1 aromatic heterocycles. The van der Waals surface area contributed by atoms with E-state index < -0.39 is 6.10 Å². The number of hydrogen-bond acceptors (Lipinski definition) is 2. The van der Waals surface area contributed by atoms with Gasteiger partial charge in [0.05, 0.1) is 18.7 Å². The maximum Gasteiger partial charge on any atom is 0.143 e. The predicted molar refractivity (Wildman–Crippen MR) is 69.5 cm³/mol. The molecule has 1 N–H and O–H groups in total. The van der Waals surface area contributed by atoms with Crippen LogP contribution < -0.4 is 4.74 Å². The van der Waals surface area contributed by atoms with E-state index in [9.17, 15) is 5.11 Å². The summed E-state index contributed by atoms with van der Waals surface area (Å²) in [7, 11) is 1.68. The van der Waals surface area contributed by atoms with Crippen LogP contribution in [0.1, 0.15) is 38.5 Å². The third-order valence-corrected chi connectivity index (χ3v) is 3.07. The zero-order chi connectivity index (χ0) is 12.6. The van der Waals surface area contributed by atoms with E-state index in [2.05, 4.69) is 18.4 Å². The number of aromatic nitrogens is 1. The molecular weight excluding hydrogens is 214 g/mol. The quantitative estimate of drug-likeness (QED) is 0.882. The van der Waals surface area contributed by atoms with Crippen molar-refractivity contribution >= 4 is 10.9 Å². The Labute approximate surface area is 102 Å². The van der Waals surface area contributed by atoms with Crippen LogP contribution in [0.15, 0.2) is 24.4 Å². The maximum absolute atomic E-state index is 9.83. The van der Waals surface area contributed by atoms with Gasteiger partial charge in [-0.1, -0.05) is 12.1 Å². The zero-order valence-corrected chi connectivity index (χ0v) is 10.8. The molecule has 1 unspecified atom stereocenters. The Bertz CT molecular complexity index is 526. The lowest BCUT2D eigenvalue weighted by Crippen LogP contribution is -1.99. The van der Waals surface area contributed by atoms with Crippen LogP contribution in [-0.4, -0.2) is 16.8 Å². The number of fused-ring (bicyclic) bond motifs is 1. The molecule has 1 atom stereocenters. The van der Waals surface area contributed by atoms with Crippen molar-refractivity contribution < 1.29 is 9.84 Å².